The van der Waals surface area contributed by atoms with Crippen LogP contribution in [0.15, 0.2) is 110 Å². The molecule has 0 aromatic carbocycles. The molecule has 12 nitrogen and oxygen atoms in total. The van der Waals surface area contributed by atoms with Gasteiger partial charge in [-0.05, 0) is 72.8 Å². The maximum atomic E-state index is 9.27. The minimum absolute atomic E-state index is 0.368. The van der Waals surface area contributed by atoms with Gasteiger partial charge >= 0.3 is 0 Å². The molecule has 0 unspecified atom stereocenters. The molecule has 0 N–H and O–H groups in total. The van der Waals surface area contributed by atoms with Gasteiger partial charge in [-0.3, -0.25) is 29.9 Å². The second-order valence-corrected chi connectivity index (χ2v) is 10.2. The zero-order valence-corrected chi connectivity index (χ0v) is 24.8. The van der Waals surface area contributed by atoms with E-state index in [1.54, 1.807) is 91.8 Å². The first-order valence-corrected chi connectivity index (χ1v) is 14.3. The van der Waals surface area contributed by atoms with Crippen molar-refractivity contribution in [1.82, 2.24) is 44.9 Å². The van der Waals surface area contributed by atoms with Crippen LogP contribution in [0.5, 0.6) is 0 Å². The quantitative estimate of drug-likeness (QED) is 0.216. The van der Waals surface area contributed by atoms with Gasteiger partial charge in [-0.2, -0.15) is 15.8 Å². The molecule has 7 rings (SSSR count). The summed E-state index contributed by atoms with van der Waals surface area (Å²) in [4.78, 5) is 41.0. The number of aromatic nitrogens is 9. The third kappa shape index (κ3) is 6.02. The molecule has 0 aliphatic rings. The highest BCUT2D eigenvalue weighted by atomic mass is 15.0. The molecule has 0 amide bonds. The standard InChI is InChI=1S/C36H18N12/c37-16-22-7-10-40-31(13-22)28-4-1-25(19-43-28)34-46-35(26-2-5-29(44-20-26)32-14-23(17-38)8-11-41-32)48-36(47-34)27-3-6-30(45-21-27)33-15-24(18-39)9-12-42-33/h1-15,19-21H. The van der Waals surface area contributed by atoms with Crippen LogP contribution in [0.2, 0.25) is 0 Å². The van der Waals surface area contributed by atoms with Gasteiger partial charge in [0.15, 0.2) is 17.5 Å². The highest BCUT2D eigenvalue weighted by Crippen LogP contribution is 2.27. The summed E-state index contributed by atoms with van der Waals surface area (Å²) >= 11 is 0. The molecule has 0 fully saturated rings. The van der Waals surface area contributed by atoms with Gasteiger partial charge in [-0.1, -0.05) is 0 Å². The lowest BCUT2D eigenvalue weighted by Gasteiger charge is -2.09. The summed E-state index contributed by atoms with van der Waals surface area (Å²) in [6.07, 6.45) is 9.63. The second kappa shape index (κ2) is 12.8. The van der Waals surface area contributed by atoms with Crippen LogP contribution in [-0.4, -0.2) is 44.9 Å². The topological polar surface area (TPSA) is 187 Å². The normalized spacial score (nSPS) is 10.4. The summed E-state index contributed by atoms with van der Waals surface area (Å²) < 4.78 is 0. The van der Waals surface area contributed by atoms with E-state index in [4.69, 9.17) is 15.0 Å². The predicted octanol–water partition coefficient (Wildman–Crippen LogP) is 5.86. The molecule has 0 aliphatic heterocycles. The fourth-order valence-corrected chi connectivity index (χ4v) is 4.72. The van der Waals surface area contributed by atoms with Crippen molar-refractivity contribution in [2.45, 2.75) is 0 Å². The first kappa shape index (κ1) is 29.1. The van der Waals surface area contributed by atoms with Gasteiger partial charge in [0.1, 0.15) is 0 Å². The van der Waals surface area contributed by atoms with Crippen molar-refractivity contribution in [2.75, 3.05) is 0 Å². The maximum absolute atomic E-state index is 9.27. The zero-order chi connectivity index (χ0) is 32.9. The molecule has 48 heavy (non-hydrogen) atoms. The fourth-order valence-electron chi connectivity index (χ4n) is 4.72. The van der Waals surface area contributed by atoms with Crippen molar-refractivity contribution in [3.05, 3.63) is 127 Å². The number of hydrogen-bond donors (Lipinski definition) is 0. The van der Waals surface area contributed by atoms with E-state index >= 15 is 0 Å². The van der Waals surface area contributed by atoms with Gasteiger partial charge in [-0.15, -0.1) is 0 Å². The molecule has 0 spiro atoms. The van der Waals surface area contributed by atoms with Crippen molar-refractivity contribution in [1.29, 1.82) is 15.8 Å². The van der Waals surface area contributed by atoms with Crippen LogP contribution < -0.4 is 0 Å². The lowest BCUT2D eigenvalue weighted by Crippen LogP contribution is -2.01. The van der Waals surface area contributed by atoms with Crippen LogP contribution in [0.25, 0.3) is 68.3 Å². The van der Waals surface area contributed by atoms with E-state index in [1.165, 1.54) is 0 Å². The van der Waals surface area contributed by atoms with E-state index in [0.29, 0.717) is 85.0 Å². The smallest absolute Gasteiger partial charge is 0.165 e. The van der Waals surface area contributed by atoms with Crippen molar-refractivity contribution in [2.24, 2.45) is 0 Å². The largest absolute Gasteiger partial charge is 0.255 e. The third-order valence-electron chi connectivity index (χ3n) is 7.15. The second-order valence-electron chi connectivity index (χ2n) is 10.2. The van der Waals surface area contributed by atoms with Gasteiger partial charge in [0.25, 0.3) is 0 Å². The lowest BCUT2D eigenvalue weighted by atomic mass is 10.1. The maximum Gasteiger partial charge on any atom is 0.165 e. The van der Waals surface area contributed by atoms with Gasteiger partial charge in [0.2, 0.25) is 0 Å². The zero-order valence-electron chi connectivity index (χ0n) is 24.8. The number of nitrogens with zero attached hydrogens (tertiary/aromatic N) is 12. The minimum Gasteiger partial charge on any atom is -0.255 e. The van der Waals surface area contributed by atoms with Gasteiger partial charge in [0, 0.05) is 53.9 Å². The molecule has 222 valence electrons. The Hall–Kier alpha value is -7.62. The Labute approximate surface area is 273 Å². The van der Waals surface area contributed by atoms with Crippen molar-refractivity contribution in [3.63, 3.8) is 0 Å². The Bertz CT molecular complexity index is 2140. The third-order valence-corrected chi connectivity index (χ3v) is 7.15. The summed E-state index contributed by atoms with van der Waals surface area (Å²) in [6.45, 7) is 0. The average Bonchev–Trinajstić information content (AvgIpc) is 3.18. The van der Waals surface area contributed by atoms with Crippen LogP contribution in [-0.2, 0) is 0 Å². The Kier molecular flexibility index (Phi) is 7.75. The summed E-state index contributed by atoms with van der Waals surface area (Å²) in [7, 11) is 0. The van der Waals surface area contributed by atoms with Crippen molar-refractivity contribution < 1.29 is 0 Å². The molecule has 7 aromatic heterocycles. The van der Waals surface area contributed by atoms with Crippen molar-refractivity contribution >= 4 is 0 Å². The molecule has 0 saturated heterocycles. The molecule has 0 aliphatic carbocycles. The molecule has 0 atom stereocenters. The SMILES string of the molecule is N#Cc1ccnc(-c2ccc(-c3nc(-c4ccc(-c5cc(C#N)ccn5)nc4)nc(-c4ccc(-c5cc(C#N)ccn5)nc4)n3)cn2)c1. The number of nitriles is 3. The van der Waals surface area contributed by atoms with Gasteiger partial charge in [0.05, 0.1) is 69.1 Å². The van der Waals surface area contributed by atoms with Crippen LogP contribution in [0.3, 0.4) is 0 Å². The molecule has 0 saturated carbocycles. The predicted molar refractivity (Wildman–Crippen MR) is 173 cm³/mol. The molecular formula is C36H18N12. The van der Waals surface area contributed by atoms with Crippen molar-refractivity contribution in [3.8, 4) is 86.5 Å². The monoisotopic (exact) mass is 618 g/mol. The Morgan fingerprint density at radius 3 is 0.917 bits per heavy atom. The van der Waals surface area contributed by atoms with Crippen LogP contribution in [0, 0.1) is 34.0 Å². The summed E-state index contributed by atoms with van der Waals surface area (Å²) in [5, 5.41) is 27.8. The Balaban J connectivity index is 1.28. The highest BCUT2D eigenvalue weighted by molar-refractivity contribution is 5.69. The fraction of sp³-hybridized carbons (Fsp3) is 0. The minimum atomic E-state index is 0.368. The van der Waals surface area contributed by atoms with Gasteiger partial charge < -0.3 is 0 Å². The molecule has 0 bridgehead atoms. The van der Waals surface area contributed by atoms with Crippen LogP contribution in [0.1, 0.15) is 16.7 Å². The van der Waals surface area contributed by atoms with E-state index in [0.717, 1.165) is 0 Å². The molecular weight excluding hydrogens is 600 g/mol. The van der Waals surface area contributed by atoms with E-state index < -0.39 is 0 Å². The van der Waals surface area contributed by atoms with E-state index in [-0.39, 0.29) is 0 Å². The summed E-state index contributed by atoms with van der Waals surface area (Å²) in [5.41, 5.74) is 6.82. The van der Waals surface area contributed by atoms with Crippen LogP contribution in [0.4, 0.5) is 0 Å². The molecule has 7 aromatic rings. The first-order chi connectivity index (χ1) is 23.6. The number of pyridine rings is 6. The number of rotatable bonds is 6. The molecule has 12 heteroatoms. The lowest BCUT2D eigenvalue weighted by molar-refractivity contribution is 1.06. The Morgan fingerprint density at radius 2 is 0.667 bits per heavy atom. The van der Waals surface area contributed by atoms with E-state index in [9.17, 15) is 15.8 Å². The average molecular weight is 619 g/mol. The first-order valence-electron chi connectivity index (χ1n) is 14.3. The number of hydrogen-bond acceptors (Lipinski definition) is 12. The summed E-state index contributed by atoms with van der Waals surface area (Å²) in [6, 6.07) is 27.1. The molecule has 0 radical (unpaired) electrons. The highest BCUT2D eigenvalue weighted by Gasteiger charge is 2.15. The molecule has 7 heterocycles. The van der Waals surface area contributed by atoms with Crippen LogP contribution >= 0.6 is 0 Å². The van der Waals surface area contributed by atoms with Gasteiger partial charge in [-0.25, -0.2) is 15.0 Å². The summed E-state index contributed by atoms with van der Waals surface area (Å²) in [5.74, 6) is 1.10. The Morgan fingerprint density at radius 1 is 0.354 bits per heavy atom. The van der Waals surface area contributed by atoms with E-state index in [2.05, 4.69) is 48.1 Å². The van der Waals surface area contributed by atoms with E-state index in [1.807, 2.05) is 18.2 Å².